The van der Waals surface area contributed by atoms with Crippen molar-refractivity contribution in [2.24, 2.45) is 0 Å². The highest BCUT2D eigenvalue weighted by atomic mass is 19.4. The van der Waals surface area contributed by atoms with E-state index in [0.717, 1.165) is 12.1 Å². The van der Waals surface area contributed by atoms with Crippen LogP contribution in [0.15, 0.2) is 34.7 Å². The molecule has 0 aliphatic carbocycles. The summed E-state index contributed by atoms with van der Waals surface area (Å²) >= 11 is 0. The monoisotopic (exact) mass is 356 g/mol. The molecule has 1 heterocycles. The quantitative estimate of drug-likeness (QED) is 0.802. The molecule has 2 rings (SSSR count). The summed E-state index contributed by atoms with van der Waals surface area (Å²) in [4.78, 5) is 12.0. The van der Waals surface area contributed by atoms with Crippen molar-refractivity contribution < 1.29 is 27.1 Å². The smallest absolute Gasteiger partial charge is 0.418 e. The number of benzene rings is 1. The first kappa shape index (κ1) is 18.7. The average molecular weight is 356 g/mol. The standard InChI is InChI=1S/C17H19F3N2O3/c1-4-24-12-6-7-14(13(9-12)17(18,19)20)22-16(23)21-11(3)15-8-5-10(2)25-15/h5-9,11H,4H2,1-3H3,(H2,21,22,23). The fraction of sp³-hybridized carbons (Fsp3) is 0.353. The first-order valence-corrected chi connectivity index (χ1v) is 7.68. The molecule has 1 unspecified atom stereocenters. The Balaban J connectivity index is 2.14. The van der Waals surface area contributed by atoms with E-state index in [1.165, 1.54) is 6.07 Å². The normalized spacial score (nSPS) is 12.6. The molecule has 1 atom stereocenters. The maximum Gasteiger partial charge on any atom is 0.418 e. The van der Waals surface area contributed by atoms with Crippen LogP contribution in [0.5, 0.6) is 5.75 Å². The second-order valence-electron chi connectivity index (χ2n) is 5.41. The minimum Gasteiger partial charge on any atom is -0.494 e. The molecule has 2 aromatic rings. The van der Waals surface area contributed by atoms with Gasteiger partial charge in [0, 0.05) is 0 Å². The van der Waals surface area contributed by atoms with Crippen LogP contribution >= 0.6 is 0 Å². The molecule has 8 heteroatoms. The van der Waals surface area contributed by atoms with E-state index in [1.807, 2.05) is 0 Å². The third-order valence-corrected chi connectivity index (χ3v) is 3.39. The van der Waals surface area contributed by atoms with Crippen molar-refractivity contribution in [3.63, 3.8) is 0 Å². The van der Waals surface area contributed by atoms with Crippen LogP contribution in [0, 0.1) is 6.92 Å². The van der Waals surface area contributed by atoms with Crippen LogP contribution in [0.1, 0.15) is 37.0 Å². The van der Waals surface area contributed by atoms with E-state index >= 15 is 0 Å². The molecule has 5 nitrogen and oxygen atoms in total. The minimum absolute atomic E-state index is 0.0835. The third-order valence-electron chi connectivity index (χ3n) is 3.39. The van der Waals surface area contributed by atoms with Gasteiger partial charge >= 0.3 is 12.2 Å². The molecule has 0 aliphatic rings. The molecule has 2 N–H and O–H groups in total. The number of halogens is 3. The molecule has 0 fully saturated rings. The van der Waals surface area contributed by atoms with Crippen molar-refractivity contribution in [2.45, 2.75) is 33.0 Å². The highest BCUT2D eigenvalue weighted by Gasteiger charge is 2.34. The Morgan fingerprint density at radius 2 is 2.00 bits per heavy atom. The highest BCUT2D eigenvalue weighted by Crippen LogP contribution is 2.37. The van der Waals surface area contributed by atoms with Crippen molar-refractivity contribution in [1.82, 2.24) is 5.32 Å². The van der Waals surface area contributed by atoms with Gasteiger partial charge in [0.15, 0.2) is 0 Å². The fourth-order valence-electron chi connectivity index (χ4n) is 2.24. The molecule has 1 aromatic carbocycles. The Kier molecular flexibility index (Phi) is 5.61. The lowest BCUT2D eigenvalue weighted by molar-refractivity contribution is -0.137. The lowest BCUT2D eigenvalue weighted by atomic mass is 10.1. The van der Waals surface area contributed by atoms with Crippen LogP contribution in [0.25, 0.3) is 0 Å². The van der Waals surface area contributed by atoms with Crippen LogP contribution in [-0.2, 0) is 6.18 Å². The largest absolute Gasteiger partial charge is 0.494 e. The first-order valence-electron chi connectivity index (χ1n) is 7.68. The Morgan fingerprint density at radius 3 is 2.56 bits per heavy atom. The second kappa shape index (κ2) is 7.50. The third kappa shape index (κ3) is 4.91. The summed E-state index contributed by atoms with van der Waals surface area (Å²) in [5, 5.41) is 4.76. The number of aryl methyl sites for hydroxylation is 1. The Labute approximate surface area is 143 Å². The van der Waals surface area contributed by atoms with Gasteiger partial charge < -0.3 is 19.8 Å². The van der Waals surface area contributed by atoms with Crippen molar-refractivity contribution in [1.29, 1.82) is 0 Å². The van der Waals surface area contributed by atoms with Crippen LogP contribution < -0.4 is 15.4 Å². The van der Waals surface area contributed by atoms with E-state index in [-0.39, 0.29) is 18.0 Å². The summed E-state index contributed by atoms with van der Waals surface area (Å²) in [6.45, 7) is 5.34. The first-order chi connectivity index (χ1) is 11.7. The Hall–Kier alpha value is -2.64. The van der Waals surface area contributed by atoms with Crippen molar-refractivity contribution in [3.8, 4) is 5.75 Å². The number of nitrogens with one attached hydrogen (secondary N) is 2. The molecular formula is C17H19F3N2O3. The number of hydrogen-bond donors (Lipinski definition) is 2. The summed E-state index contributed by atoms with van der Waals surface area (Å²) < 4.78 is 50.1. The molecule has 0 radical (unpaired) electrons. The van der Waals surface area contributed by atoms with Gasteiger partial charge in [-0.2, -0.15) is 13.2 Å². The summed E-state index contributed by atoms with van der Waals surface area (Å²) in [5.74, 6) is 1.27. The lowest BCUT2D eigenvalue weighted by Gasteiger charge is -2.17. The van der Waals surface area contributed by atoms with Crippen molar-refractivity contribution in [2.75, 3.05) is 11.9 Å². The van der Waals surface area contributed by atoms with Gasteiger partial charge in [0.1, 0.15) is 17.3 Å². The number of amides is 2. The fourth-order valence-corrected chi connectivity index (χ4v) is 2.24. The van der Waals surface area contributed by atoms with Crippen LogP contribution in [0.2, 0.25) is 0 Å². The number of anilines is 1. The van der Waals surface area contributed by atoms with Crippen molar-refractivity contribution >= 4 is 11.7 Å². The average Bonchev–Trinajstić information content (AvgIpc) is 2.94. The Morgan fingerprint density at radius 1 is 1.28 bits per heavy atom. The number of urea groups is 1. The molecular weight excluding hydrogens is 337 g/mol. The summed E-state index contributed by atoms with van der Waals surface area (Å²) in [6, 6.07) is 5.56. The number of ether oxygens (including phenoxy) is 1. The lowest BCUT2D eigenvalue weighted by Crippen LogP contribution is -2.31. The molecule has 0 saturated carbocycles. The van der Waals surface area contributed by atoms with Gasteiger partial charge in [0.2, 0.25) is 0 Å². The summed E-state index contributed by atoms with van der Waals surface area (Å²) in [5.41, 5.74) is -1.33. The van der Waals surface area contributed by atoms with Crippen LogP contribution in [0.3, 0.4) is 0 Å². The minimum atomic E-state index is -4.63. The van der Waals surface area contributed by atoms with E-state index < -0.39 is 23.8 Å². The number of alkyl halides is 3. The molecule has 25 heavy (non-hydrogen) atoms. The Bertz CT molecular complexity index is 741. The molecule has 0 aliphatic heterocycles. The zero-order valence-electron chi connectivity index (χ0n) is 14.0. The zero-order chi connectivity index (χ0) is 18.6. The highest BCUT2D eigenvalue weighted by molar-refractivity contribution is 5.90. The second-order valence-corrected chi connectivity index (χ2v) is 5.41. The maximum atomic E-state index is 13.2. The number of furan rings is 1. The van der Waals surface area contributed by atoms with Gasteiger partial charge in [0.05, 0.1) is 23.9 Å². The number of hydrogen-bond acceptors (Lipinski definition) is 3. The molecule has 0 bridgehead atoms. The topological polar surface area (TPSA) is 63.5 Å². The van der Waals surface area contributed by atoms with Gasteiger partial charge in [-0.1, -0.05) is 0 Å². The van der Waals surface area contributed by atoms with Gasteiger partial charge in [-0.05, 0) is 51.1 Å². The van der Waals surface area contributed by atoms with Crippen LogP contribution in [0.4, 0.5) is 23.7 Å². The number of rotatable bonds is 5. The summed E-state index contributed by atoms with van der Waals surface area (Å²) in [7, 11) is 0. The molecule has 2 amide bonds. The van der Waals surface area contributed by atoms with Gasteiger partial charge in [0.25, 0.3) is 0 Å². The van der Waals surface area contributed by atoms with Gasteiger partial charge in [-0.15, -0.1) is 0 Å². The van der Waals surface area contributed by atoms with Gasteiger partial charge in [-0.3, -0.25) is 0 Å². The molecule has 136 valence electrons. The molecule has 0 saturated heterocycles. The predicted octanol–water partition coefficient (Wildman–Crippen LogP) is 4.89. The molecule has 0 spiro atoms. The van der Waals surface area contributed by atoms with E-state index in [0.29, 0.717) is 11.5 Å². The van der Waals surface area contributed by atoms with E-state index in [4.69, 9.17) is 9.15 Å². The van der Waals surface area contributed by atoms with E-state index in [2.05, 4.69) is 10.6 Å². The SMILES string of the molecule is CCOc1ccc(NC(=O)NC(C)c2ccc(C)o2)c(C(F)(F)F)c1. The maximum absolute atomic E-state index is 13.2. The molecule has 1 aromatic heterocycles. The van der Waals surface area contributed by atoms with Gasteiger partial charge in [-0.25, -0.2) is 4.79 Å². The zero-order valence-corrected chi connectivity index (χ0v) is 14.0. The van der Waals surface area contributed by atoms with Crippen molar-refractivity contribution in [3.05, 3.63) is 47.4 Å². The van der Waals surface area contributed by atoms with E-state index in [9.17, 15) is 18.0 Å². The predicted molar refractivity (Wildman–Crippen MR) is 86.6 cm³/mol. The van der Waals surface area contributed by atoms with E-state index in [1.54, 1.807) is 32.9 Å². The summed E-state index contributed by atoms with van der Waals surface area (Å²) in [6.07, 6.45) is -4.63. The number of carbonyl (C=O) groups is 1. The van der Waals surface area contributed by atoms with Crippen LogP contribution in [-0.4, -0.2) is 12.6 Å². The number of carbonyl (C=O) groups excluding carboxylic acids is 1.